The lowest BCUT2D eigenvalue weighted by Crippen LogP contribution is -2.37. The van der Waals surface area contributed by atoms with Crippen LogP contribution in [-0.4, -0.2) is 25.6 Å². The normalized spacial score (nSPS) is 10.0. The van der Waals surface area contributed by atoms with Gasteiger partial charge in [0.1, 0.15) is 0 Å². The van der Waals surface area contributed by atoms with Crippen LogP contribution in [0.15, 0.2) is 23.2 Å². The maximum Gasteiger partial charge on any atom is 0.191 e. The van der Waals surface area contributed by atoms with Crippen LogP contribution in [0.1, 0.15) is 30.5 Å². The Morgan fingerprint density at radius 1 is 1.00 bits per heavy atom. The van der Waals surface area contributed by atoms with Gasteiger partial charge in [-0.1, -0.05) is 29.3 Å². The summed E-state index contributed by atoms with van der Waals surface area (Å²) in [7, 11) is 0. The van der Waals surface area contributed by atoms with Crippen molar-refractivity contribution in [3.63, 3.8) is 0 Å². The summed E-state index contributed by atoms with van der Waals surface area (Å²) in [4.78, 5) is 4.55. The third kappa shape index (κ3) is 5.21. The molecule has 0 aromatic heterocycles. The fourth-order valence-electron chi connectivity index (χ4n) is 2.02. The van der Waals surface area contributed by atoms with Crippen LogP contribution in [0.5, 0.6) is 0 Å². The van der Waals surface area contributed by atoms with Crippen molar-refractivity contribution < 1.29 is 0 Å². The Labute approximate surface area is 111 Å². The largest absolute Gasteiger partial charge is 0.357 e. The molecule has 0 aliphatic carbocycles. The molecule has 0 atom stereocenters. The topological polar surface area (TPSA) is 36.4 Å². The molecule has 0 radical (unpaired) electrons. The zero-order valence-electron chi connectivity index (χ0n) is 12.0. The van der Waals surface area contributed by atoms with Gasteiger partial charge in [-0.15, -0.1) is 0 Å². The number of hydrogen-bond acceptors (Lipinski definition) is 1. The van der Waals surface area contributed by atoms with Gasteiger partial charge in [0.05, 0.1) is 0 Å². The van der Waals surface area contributed by atoms with Crippen molar-refractivity contribution in [3.8, 4) is 0 Å². The van der Waals surface area contributed by atoms with Crippen molar-refractivity contribution in [1.29, 1.82) is 0 Å². The number of aryl methyl sites for hydroxylation is 2. The lowest BCUT2D eigenvalue weighted by molar-refractivity contribution is 0.833. The molecule has 18 heavy (non-hydrogen) atoms. The van der Waals surface area contributed by atoms with Gasteiger partial charge in [0, 0.05) is 19.6 Å². The smallest absolute Gasteiger partial charge is 0.191 e. The van der Waals surface area contributed by atoms with Gasteiger partial charge in [-0.05, 0) is 39.7 Å². The van der Waals surface area contributed by atoms with Crippen molar-refractivity contribution in [3.05, 3.63) is 34.9 Å². The van der Waals surface area contributed by atoms with Crippen molar-refractivity contribution in [2.75, 3.05) is 19.6 Å². The number of rotatable bonds is 5. The van der Waals surface area contributed by atoms with Crippen molar-refractivity contribution >= 4 is 5.96 Å². The highest BCUT2D eigenvalue weighted by Crippen LogP contribution is 2.09. The lowest BCUT2D eigenvalue weighted by Gasteiger charge is -2.09. The zero-order valence-corrected chi connectivity index (χ0v) is 12.0. The van der Waals surface area contributed by atoms with Gasteiger partial charge >= 0.3 is 0 Å². The fraction of sp³-hybridized carbons (Fsp3) is 0.533. The van der Waals surface area contributed by atoms with E-state index in [1.165, 1.54) is 16.7 Å². The average molecular weight is 247 g/mol. The highest BCUT2D eigenvalue weighted by atomic mass is 15.2. The Morgan fingerprint density at radius 2 is 1.56 bits per heavy atom. The number of guanidine groups is 1. The predicted molar refractivity (Wildman–Crippen MR) is 79.3 cm³/mol. The predicted octanol–water partition coefficient (Wildman–Crippen LogP) is 2.42. The van der Waals surface area contributed by atoms with Gasteiger partial charge in [-0.2, -0.15) is 0 Å². The zero-order chi connectivity index (χ0) is 13.4. The molecule has 0 aliphatic rings. The van der Waals surface area contributed by atoms with Crippen molar-refractivity contribution in [1.82, 2.24) is 10.6 Å². The molecule has 100 valence electrons. The van der Waals surface area contributed by atoms with Crippen LogP contribution in [0.2, 0.25) is 0 Å². The lowest BCUT2D eigenvalue weighted by atomic mass is 10.1. The van der Waals surface area contributed by atoms with Crippen LogP contribution in [-0.2, 0) is 6.42 Å². The minimum Gasteiger partial charge on any atom is -0.357 e. The summed E-state index contributed by atoms with van der Waals surface area (Å²) in [5.74, 6) is 0.907. The Kier molecular flexibility index (Phi) is 6.26. The Bertz CT molecular complexity index is 368. The number of nitrogens with zero attached hydrogens (tertiary/aromatic N) is 1. The quantitative estimate of drug-likeness (QED) is 0.619. The molecule has 0 saturated carbocycles. The SMILES string of the molecule is CCNC(=NCCc1cc(C)cc(C)c1)NCC. The molecule has 1 aromatic carbocycles. The molecule has 3 heteroatoms. The highest BCUT2D eigenvalue weighted by Gasteiger charge is 1.97. The van der Waals surface area contributed by atoms with Gasteiger partial charge in [0.15, 0.2) is 5.96 Å². The first kappa shape index (κ1) is 14.6. The van der Waals surface area contributed by atoms with E-state index >= 15 is 0 Å². The Balaban J connectivity index is 2.55. The van der Waals surface area contributed by atoms with Crippen molar-refractivity contribution in [2.24, 2.45) is 4.99 Å². The molecule has 2 N–H and O–H groups in total. The van der Waals surface area contributed by atoms with Crippen LogP contribution >= 0.6 is 0 Å². The molecule has 0 aliphatic heterocycles. The van der Waals surface area contributed by atoms with E-state index in [1.807, 2.05) is 0 Å². The summed E-state index contributed by atoms with van der Waals surface area (Å²) in [6.07, 6.45) is 0.989. The molecule has 0 spiro atoms. The monoisotopic (exact) mass is 247 g/mol. The van der Waals surface area contributed by atoms with Gasteiger partial charge in [-0.3, -0.25) is 4.99 Å². The summed E-state index contributed by atoms with van der Waals surface area (Å²) in [5.41, 5.74) is 4.02. The first-order chi connectivity index (χ1) is 8.65. The van der Waals surface area contributed by atoms with Gasteiger partial charge in [0.25, 0.3) is 0 Å². The minimum absolute atomic E-state index is 0.818. The van der Waals surface area contributed by atoms with E-state index in [0.717, 1.165) is 32.0 Å². The maximum absolute atomic E-state index is 4.55. The van der Waals surface area contributed by atoms with E-state index in [4.69, 9.17) is 0 Å². The molecular formula is C15H25N3. The van der Waals surface area contributed by atoms with E-state index < -0.39 is 0 Å². The molecule has 0 bridgehead atoms. The summed E-state index contributed by atoms with van der Waals surface area (Å²) in [6.45, 7) is 11.1. The number of hydrogen-bond donors (Lipinski definition) is 2. The van der Waals surface area contributed by atoms with E-state index in [9.17, 15) is 0 Å². The molecule has 1 aromatic rings. The molecule has 0 fully saturated rings. The first-order valence-electron chi connectivity index (χ1n) is 6.75. The van der Waals surface area contributed by atoms with E-state index in [0.29, 0.717) is 0 Å². The molecule has 3 nitrogen and oxygen atoms in total. The van der Waals surface area contributed by atoms with Gasteiger partial charge in [0.2, 0.25) is 0 Å². The third-order valence-corrected chi connectivity index (χ3v) is 2.64. The second-order valence-corrected chi connectivity index (χ2v) is 4.54. The first-order valence-corrected chi connectivity index (χ1v) is 6.75. The minimum atomic E-state index is 0.818. The second-order valence-electron chi connectivity index (χ2n) is 4.54. The average Bonchev–Trinajstić information content (AvgIpc) is 2.28. The Hall–Kier alpha value is -1.51. The van der Waals surface area contributed by atoms with Crippen LogP contribution in [0.3, 0.4) is 0 Å². The molecular weight excluding hydrogens is 222 g/mol. The number of aliphatic imine (C=N–C) groups is 1. The summed E-state index contributed by atoms with van der Waals surface area (Å²) >= 11 is 0. The van der Waals surface area contributed by atoms with Crippen LogP contribution in [0.25, 0.3) is 0 Å². The van der Waals surface area contributed by atoms with Crippen LogP contribution in [0, 0.1) is 13.8 Å². The highest BCUT2D eigenvalue weighted by molar-refractivity contribution is 5.79. The van der Waals surface area contributed by atoms with Gasteiger partial charge < -0.3 is 10.6 Å². The van der Waals surface area contributed by atoms with Crippen molar-refractivity contribution in [2.45, 2.75) is 34.1 Å². The van der Waals surface area contributed by atoms with E-state index in [-0.39, 0.29) is 0 Å². The molecule has 0 heterocycles. The molecule has 0 amide bonds. The molecule has 0 saturated heterocycles. The summed E-state index contributed by atoms with van der Waals surface area (Å²) in [6, 6.07) is 6.68. The van der Waals surface area contributed by atoms with E-state index in [1.54, 1.807) is 0 Å². The van der Waals surface area contributed by atoms with Crippen LogP contribution < -0.4 is 10.6 Å². The number of benzene rings is 1. The molecule has 0 unspecified atom stereocenters. The second kappa shape index (κ2) is 7.75. The Morgan fingerprint density at radius 3 is 2.06 bits per heavy atom. The van der Waals surface area contributed by atoms with Crippen LogP contribution in [0.4, 0.5) is 0 Å². The summed E-state index contributed by atoms with van der Waals surface area (Å²) < 4.78 is 0. The standard InChI is InChI=1S/C15H25N3/c1-5-16-15(17-6-2)18-8-7-14-10-12(3)9-13(4)11-14/h9-11H,5-8H2,1-4H3,(H2,16,17,18). The van der Waals surface area contributed by atoms with Gasteiger partial charge in [-0.25, -0.2) is 0 Å². The fourth-order valence-corrected chi connectivity index (χ4v) is 2.02. The summed E-state index contributed by atoms with van der Waals surface area (Å²) in [5, 5.41) is 6.46. The maximum atomic E-state index is 4.55. The van der Waals surface area contributed by atoms with E-state index in [2.05, 4.69) is 61.5 Å². The third-order valence-electron chi connectivity index (χ3n) is 2.64. The molecule has 1 rings (SSSR count). The number of nitrogens with one attached hydrogen (secondary N) is 2.